The van der Waals surface area contributed by atoms with Crippen LogP contribution in [0.1, 0.15) is 51.5 Å². The molecule has 2 aromatic heterocycles. The highest BCUT2D eigenvalue weighted by atomic mass is 16.5. The minimum absolute atomic E-state index is 0.122. The molecule has 0 aliphatic carbocycles. The fraction of sp³-hybridized carbons (Fsp3) is 0.300. The van der Waals surface area contributed by atoms with Crippen molar-refractivity contribution < 1.29 is 13.9 Å². The summed E-state index contributed by atoms with van der Waals surface area (Å²) in [5.74, 6) is 0.945. The number of benzene rings is 2. The predicted molar refractivity (Wildman–Crippen MR) is 138 cm³/mol. The maximum Gasteiger partial charge on any atom is 0.223 e. The molecular formula is C30H31N3O3. The largest absolute Gasteiger partial charge is 0.493 e. The van der Waals surface area contributed by atoms with Gasteiger partial charge in [-0.2, -0.15) is 0 Å². The van der Waals surface area contributed by atoms with Crippen molar-refractivity contribution in [2.45, 2.75) is 45.6 Å². The highest BCUT2D eigenvalue weighted by Crippen LogP contribution is 2.39. The minimum Gasteiger partial charge on any atom is -0.493 e. The molecule has 0 spiro atoms. The zero-order valence-corrected chi connectivity index (χ0v) is 20.8. The molecule has 1 amide bonds. The molecule has 0 radical (unpaired) electrons. The Morgan fingerprint density at radius 1 is 1.11 bits per heavy atom. The van der Waals surface area contributed by atoms with E-state index in [9.17, 15) is 4.79 Å². The number of oxazole rings is 1. The van der Waals surface area contributed by atoms with Crippen LogP contribution in [0.5, 0.6) is 5.75 Å². The lowest BCUT2D eigenvalue weighted by atomic mass is 9.85. The van der Waals surface area contributed by atoms with Crippen LogP contribution >= 0.6 is 0 Å². The Morgan fingerprint density at radius 3 is 2.81 bits per heavy atom. The van der Waals surface area contributed by atoms with Gasteiger partial charge in [-0.15, -0.1) is 0 Å². The van der Waals surface area contributed by atoms with Gasteiger partial charge in [-0.05, 0) is 66.3 Å². The molecule has 1 aliphatic heterocycles. The number of hydrogen-bond donors (Lipinski definition) is 0. The second-order valence-electron chi connectivity index (χ2n) is 9.40. The lowest BCUT2D eigenvalue weighted by Gasteiger charge is -2.39. The van der Waals surface area contributed by atoms with Gasteiger partial charge in [-0.3, -0.25) is 9.78 Å². The van der Waals surface area contributed by atoms with Gasteiger partial charge in [0.1, 0.15) is 12.0 Å². The standard InChI is InChI=1S/C30H31N3O3/c1-21-5-9-27(22(2)16-21)30-28-17-26(36-15-12-23-4-3-13-31-18-23)8-6-24(28)11-14-33(30)29(34)10-7-25-19-35-20-32-25/h3-6,8-9,13,16-20,30H,7,10-12,14-15H2,1-2H3. The molecule has 0 bridgehead atoms. The molecule has 5 rings (SSSR count). The van der Waals surface area contributed by atoms with Crippen LogP contribution in [-0.4, -0.2) is 33.9 Å². The van der Waals surface area contributed by atoms with Crippen LogP contribution in [0, 0.1) is 13.8 Å². The van der Waals surface area contributed by atoms with Crippen molar-refractivity contribution in [2.75, 3.05) is 13.2 Å². The summed E-state index contributed by atoms with van der Waals surface area (Å²) in [6.45, 7) is 5.48. The molecule has 1 unspecified atom stereocenters. The predicted octanol–water partition coefficient (Wildman–Crippen LogP) is 5.41. The Kier molecular flexibility index (Phi) is 7.12. The van der Waals surface area contributed by atoms with Gasteiger partial charge in [0.05, 0.1) is 18.3 Å². The van der Waals surface area contributed by atoms with Crippen molar-refractivity contribution in [2.24, 2.45) is 0 Å². The Morgan fingerprint density at radius 2 is 2.03 bits per heavy atom. The van der Waals surface area contributed by atoms with Gasteiger partial charge < -0.3 is 14.1 Å². The number of pyridine rings is 1. The first-order valence-corrected chi connectivity index (χ1v) is 12.5. The maximum atomic E-state index is 13.5. The third-order valence-electron chi connectivity index (χ3n) is 6.85. The zero-order valence-electron chi connectivity index (χ0n) is 20.8. The fourth-order valence-electron chi connectivity index (χ4n) is 4.99. The molecule has 4 aromatic rings. The molecule has 0 saturated heterocycles. The number of carbonyl (C=O) groups excluding carboxylic acids is 1. The smallest absolute Gasteiger partial charge is 0.223 e. The highest BCUT2D eigenvalue weighted by Gasteiger charge is 2.33. The summed E-state index contributed by atoms with van der Waals surface area (Å²) in [5.41, 5.74) is 7.90. The average Bonchev–Trinajstić information content (AvgIpc) is 3.41. The number of fused-ring (bicyclic) bond motifs is 1. The summed E-state index contributed by atoms with van der Waals surface area (Å²) in [6.07, 6.45) is 9.23. The van der Waals surface area contributed by atoms with Crippen molar-refractivity contribution in [3.63, 3.8) is 0 Å². The van der Waals surface area contributed by atoms with Gasteiger partial charge >= 0.3 is 0 Å². The Hall–Kier alpha value is -3.93. The molecule has 36 heavy (non-hydrogen) atoms. The molecule has 1 atom stereocenters. The van der Waals surface area contributed by atoms with Crippen molar-refractivity contribution in [1.82, 2.24) is 14.9 Å². The van der Waals surface area contributed by atoms with Crippen molar-refractivity contribution in [3.8, 4) is 5.75 Å². The number of hydrogen-bond acceptors (Lipinski definition) is 5. The average molecular weight is 482 g/mol. The van der Waals surface area contributed by atoms with Crippen LogP contribution in [0.2, 0.25) is 0 Å². The van der Waals surface area contributed by atoms with E-state index >= 15 is 0 Å². The van der Waals surface area contributed by atoms with Crippen LogP contribution in [-0.2, 0) is 24.1 Å². The van der Waals surface area contributed by atoms with Gasteiger partial charge in [0, 0.05) is 38.2 Å². The van der Waals surface area contributed by atoms with E-state index in [2.05, 4.69) is 60.2 Å². The van der Waals surface area contributed by atoms with Crippen LogP contribution in [0.25, 0.3) is 0 Å². The fourth-order valence-corrected chi connectivity index (χ4v) is 4.99. The summed E-state index contributed by atoms with van der Waals surface area (Å²) < 4.78 is 11.2. The SMILES string of the molecule is Cc1ccc(C2c3cc(OCCc4cccnc4)ccc3CCN2C(=O)CCc2cocn2)c(C)c1. The molecule has 2 aromatic carbocycles. The zero-order chi connectivity index (χ0) is 24.9. The Labute approximate surface area is 212 Å². The number of rotatable bonds is 8. The second kappa shape index (κ2) is 10.8. The van der Waals surface area contributed by atoms with E-state index in [0.29, 0.717) is 26.0 Å². The van der Waals surface area contributed by atoms with Crippen molar-refractivity contribution in [1.29, 1.82) is 0 Å². The van der Waals surface area contributed by atoms with E-state index in [0.717, 1.165) is 41.0 Å². The maximum absolute atomic E-state index is 13.5. The quantitative estimate of drug-likeness (QED) is 0.336. The molecular weight excluding hydrogens is 450 g/mol. The van der Waals surface area contributed by atoms with Gasteiger partial charge in [-0.25, -0.2) is 4.98 Å². The Bertz CT molecular complexity index is 1320. The molecule has 3 heterocycles. The van der Waals surface area contributed by atoms with Gasteiger partial charge in [0.25, 0.3) is 0 Å². The number of carbonyl (C=O) groups is 1. The summed E-state index contributed by atoms with van der Waals surface area (Å²) >= 11 is 0. The van der Waals surface area contributed by atoms with Crippen LogP contribution in [0.3, 0.4) is 0 Å². The number of amides is 1. The molecule has 0 saturated carbocycles. The van der Waals surface area contributed by atoms with E-state index in [1.807, 2.05) is 23.2 Å². The number of aromatic nitrogens is 2. The summed E-state index contributed by atoms with van der Waals surface area (Å²) in [6, 6.07) is 16.7. The summed E-state index contributed by atoms with van der Waals surface area (Å²) in [5, 5.41) is 0. The number of nitrogens with zero attached hydrogens (tertiary/aromatic N) is 3. The lowest BCUT2D eigenvalue weighted by Crippen LogP contribution is -2.41. The van der Waals surface area contributed by atoms with E-state index in [1.54, 1.807) is 12.5 Å². The molecule has 6 nitrogen and oxygen atoms in total. The van der Waals surface area contributed by atoms with Crippen LogP contribution in [0.4, 0.5) is 0 Å². The van der Waals surface area contributed by atoms with Crippen molar-refractivity contribution in [3.05, 3.63) is 113 Å². The minimum atomic E-state index is -0.152. The molecule has 6 heteroatoms. The first-order chi connectivity index (χ1) is 17.6. The first kappa shape index (κ1) is 23.8. The summed E-state index contributed by atoms with van der Waals surface area (Å²) in [4.78, 5) is 23.9. The molecule has 1 aliphatic rings. The van der Waals surface area contributed by atoms with E-state index < -0.39 is 0 Å². The van der Waals surface area contributed by atoms with E-state index in [1.165, 1.54) is 23.1 Å². The topological polar surface area (TPSA) is 68.5 Å². The van der Waals surface area contributed by atoms with Crippen LogP contribution < -0.4 is 4.74 Å². The van der Waals surface area contributed by atoms with E-state index in [4.69, 9.17) is 9.15 Å². The van der Waals surface area contributed by atoms with E-state index in [-0.39, 0.29) is 11.9 Å². The molecule has 184 valence electrons. The number of aryl methyl sites for hydroxylation is 3. The van der Waals surface area contributed by atoms with Crippen LogP contribution in [0.15, 0.2) is 78.0 Å². The lowest BCUT2D eigenvalue weighted by molar-refractivity contribution is -0.133. The van der Waals surface area contributed by atoms with Gasteiger partial charge in [-0.1, -0.05) is 35.9 Å². The van der Waals surface area contributed by atoms with Crippen molar-refractivity contribution >= 4 is 5.91 Å². The van der Waals surface area contributed by atoms with Gasteiger partial charge in [0.15, 0.2) is 6.39 Å². The normalized spacial score (nSPS) is 14.9. The Balaban J connectivity index is 1.42. The third-order valence-corrected chi connectivity index (χ3v) is 6.85. The third kappa shape index (κ3) is 5.33. The second-order valence-corrected chi connectivity index (χ2v) is 9.40. The molecule has 0 fully saturated rings. The first-order valence-electron chi connectivity index (χ1n) is 12.5. The van der Waals surface area contributed by atoms with Gasteiger partial charge in [0.2, 0.25) is 5.91 Å². The monoisotopic (exact) mass is 481 g/mol. The molecule has 0 N–H and O–H groups in total. The summed E-state index contributed by atoms with van der Waals surface area (Å²) in [7, 11) is 0. The number of ether oxygens (including phenoxy) is 1. The highest BCUT2D eigenvalue weighted by molar-refractivity contribution is 5.78.